The van der Waals surface area contributed by atoms with E-state index in [-0.39, 0.29) is 82.7 Å². The molecule has 2 saturated heterocycles. The zero-order chi connectivity index (χ0) is 32.3. The fraction of sp³-hybridized carbons (Fsp3) is 0.433. The van der Waals surface area contributed by atoms with Crippen molar-refractivity contribution in [2.45, 2.75) is 44.1 Å². The highest BCUT2D eigenvalue weighted by molar-refractivity contribution is 7.23. The summed E-state index contributed by atoms with van der Waals surface area (Å²) in [5.41, 5.74) is 1.80. The lowest BCUT2D eigenvalue weighted by molar-refractivity contribution is -0.137. The Bertz CT molecular complexity index is 1840. The molecule has 2 aromatic heterocycles. The molecule has 2 aromatic carbocycles. The molecule has 8 nitrogen and oxygen atoms in total. The number of alkyl halides is 4. The molecule has 2 aliphatic heterocycles. The summed E-state index contributed by atoms with van der Waals surface area (Å²) >= 11 is 0.674. The van der Waals surface area contributed by atoms with Crippen molar-refractivity contribution in [3.05, 3.63) is 41.0 Å². The van der Waals surface area contributed by atoms with Crippen LogP contribution in [0.1, 0.15) is 37.3 Å². The minimum atomic E-state index is -5.10. The molecule has 0 spiro atoms. The lowest BCUT2D eigenvalue weighted by atomic mass is 9.92. The molecule has 0 amide bonds. The van der Waals surface area contributed by atoms with Crippen LogP contribution >= 0.6 is 11.3 Å². The molecule has 15 heteroatoms. The van der Waals surface area contributed by atoms with Gasteiger partial charge in [0, 0.05) is 42.4 Å². The lowest BCUT2D eigenvalue weighted by Gasteiger charge is -2.31. The van der Waals surface area contributed by atoms with Crippen molar-refractivity contribution < 1.29 is 36.2 Å². The van der Waals surface area contributed by atoms with Crippen molar-refractivity contribution >= 4 is 43.1 Å². The third kappa shape index (κ3) is 5.18. The van der Waals surface area contributed by atoms with Gasteiger partial charge in [-0.15, -0.1) is 11.3 Å². The van der Waals surface area contributed by atoms with Gasteiger partial charge in [0.1, 0.15) is 41.0 Å². The molecule has 45 heavy (non-hydrogen) atoms. The van der Waals surface area contributed by atoms with Crippen LogP contribution < -0.4 is 15.4 Å². The topological polar surface area (TPSA) is 112 Å². The Morgan fingerprint density at radius 2 is 2.07 bits per heavy atom. The molecule has 0 radical (unpaired) electrons. The van der Waals surface area contributed by atoms with E-state index in [1.54, 1.807) is 13.0 Å². The number of ether oxygens (including phenoxy) is 1. The van der Waals surface area contributed by atoms with E-state index in [9.17, 15) is 32.3 Å². The van der Waals surface area contributed by atoms with Gasteiger partial charge in [0.15, 0.2) is 5.82 Å². The minimum absolute atomic E-state index is 0.0160. The number of nitriles is 1. The molecular formula is C30H28F6N6O2S. The van der Waals surface area contributed by atoms with Crippen molar-refractivity contribution in [3.8, 4) is 23.2 Å². The normalized spacial score (nSPS) is 20.2. The van der Waals surface area contributed by atoms with Crippen molar-refractivity contribution in [2.24, 2.45) is 0 Å². The molecule has 4 heterocycles. The molecule has 2 fully saturated rings. The van der Waals surface area contributed by atoms with Crippen molar-refractivity contribution in [2.75, 3.05) is 50.0 Å². The van der Waals surface area contributed by atoms with Gasteiger partial charge in [-0.3, -0.25) is 4.90 Å². The number of rotatable bonds is 8. The van der Waals surface area contributed by atoms with Crippen molar-refractivity contribution in [1.82, 2.24) is 14.9 Å². The van der Waals surface area contributed by atoms with E-state index in [0.717, 1.165) is 18.6 Å². The van der Waals surface area contributed by atoms with Gasteiger partial charge in [-0.2, -0.15) is 28.4 Å². The second-order valence-electron chi connectivity index (χ2n) is 11.3. The molecule has 2 aliphatic rings. The van der Waals surface area contributed by atoms with Crippen LogP contribution in [0.25, 0.3) is 32.1 Å². The van der Waals surface area contributed by atoms with Crippen LogP contribution in [0, 0.1) is 23.0 Å². The zero-order valence-electron chi connectivity index (χ0n) is 24.0. The zero-order valence-corrected chi connectivity index (χ0v) is 24.8. The smallest absolute Gasteiger partial charge is 0.417 e. The summed E-state index contributed by atoms with van der Waals surface area (Å²) in [5.74, 6) is -2.31. The molecule has 6 rings (SSSR count). The van der Waals surface area contributed by atoms with Crippen molar-refractivity contribution in [3.63, 3.8) is 0 Å². The maximum Gasteiger partial charge on any atom is 0.417 e. The fourth-order valence-electron chi connectivity index (χ4n) is 6.67. The SMILES string of the molecule is CCN(CCO)c1nc(OCC23CCCN2CC(F)C3)nc2c(F)c(-c3ccc(F)c4sc(N)c(C#N)c34)c(C(F)(F)F)cc12. The van der Waals surface area contributed by atoms with Crippen LogP contribution in [0.4, 0.5) is 37.2 Å². The highest BCUT2D eigenvalue weighted by Crippen LogP contribution is 2.48. The van der Waals surface area contributed by atoms with Crippen LogP contribution in [-0.2, 0) is 6.18 Å². The molecule has 2 atom stereocenters. The number of aliphatic hydroxyl groups is 1. The predicted molar refractivity (Wildman–Crippen MR) is 158 cm³/mol. The van der Waals surface area contributed by atoms with Gasteiger partial charge in [0.2, 0.25) is 0 Å². The average molecular weight is 651 g/mol. The number of aromatic nitrogens is 2. The highest BCUT2D eigenvalue weighted by atomic mass is 32.1. The first-order chi connectivity index (χ1) is 21.4. The van der Waals surface area contributed by atoms with Gasteiger partial charge in [-0.05, 0) is 44.0 Å². The van der Waals surface area contributed by atoms with Crippen LogP contribution in [0.15, 0.2) is 18.2 Å². The van der Waals surface area contributed by atoms with Crippen LogP contribution in [0.5, 0.6) is 6.01 Å². The Balaban J connectivity index is 1.60. The number of hydrogen-bond donors (Lipinski definition) is 2. The van der Waals surface area contributed by atoms with E-state index in [1.807, 2.05) is 4.90 Å². The molecule has 4 aromatic rings. The number of anilines is 2. The Hall–Kier alpha value is -3.87. The summed E-state index contributed by atoms with van der Waals surface area (Å²) in [7, 11) is 0. The number of likely N-dealkylation sites (N-methyl/N-ethyl adjacent to an activating group) is 1. The molecule has 0 bridgehead atoms. The van der Waals surface area contributed by atoms with Gasteiger partial charge in [0.25, 0.3) is 0 Å². The Morgan fingerprint density at radius 1 is 1.29 bits per heavy atom. The minimum Gasteiger partial charge on any atom is -0.461 e. The fourth-order valence-corrected chi connectivity index (χ4v) is 7.62. The van der Waals surface area contributed by atoms with Crippen molar-refractivity contribution in [1.29, 1.82) is 5.26 Å². The van der Waals surface area contributed by atoms with Gasteiger partial charge < -0.3 is 20.5 Å². The first-order valence-electron chi connectivity index (χ1n) is 14.3. The average Bonchev–Trinajstić information content (AvgIpc) is 3.64. The Labute approximate surface area is 257 Å². The Kier molecular flexibility index (Phi) is 7.95. The van der Waals surface area contributed by atoms with Crippen LogP contribution in [-0.4, -0.2) is 71.1 Å². The van der Waals surface area contributed by atoms with Gasteiger partial charge in [0.05, 0.1) is 28.0 Å². The van der Waals surface area contributed by atoms with E-state index in [4.69, 9.17) is 10.5 Å². The van der Waals surface area contributed by atoms with E-state index < -0.39 is 46.2 Å². The molecule has 2 unspecified atom stereocenters. The number of thiophene rings is 1. The molecule has 238 valence electrons. The maximum atomic E-state index is 16.8. The number of aliphatic hydroxyl groups excluding tert-OH is 1. The number of fused-ring (bicyclic) bond motifs is 3. The molecular weight excluding hydrogens is 622 g/mol. The third-order valence-electron chi connectivity index (χ3n) is 8.68. The monoisotopic (exact) mass is 650 g/mol. The first-order valence-corrected chi connectivity index (χ1v) is 15.1. The predicted octanol–water partition coefficient (Wildman–Crippen LogP) is 6.04. The number of hydrogen-bond acceptors (Lipinski definition) is 9. The summed E-state index contributed by atoms with van der Waals surface area (Å²) in [6.07, 6.45) is -4.41. The standard InChI is InChI=1S/C30H28F6N6O2S/c1-2-41(8-9-43)27-17-10-19(30(34,35)36)22(16-4-5-20(32)25-21(16)18(12-37)26(38)45-25)23(33)24(17)39-28(40-27)44-14-29-6-3-7-42(29)13-15(31)11-29/h4-5,10,15,43H,2-3,6-9,11,13-14,38H2,1H3. The van der Waals surface area contributed by atoms with Crippen LogP contribution in [0.3, 0.4) is 0 Å². The second-order valence-corrected chi connectivity index (χ2v) is 12.3. The summed E-state index contributed by atoms with van der Waals surface area (Å²) in [4.78, 5) is 12.1. The molecule has 0 saturated carbocycles. The molecule has 0 aliphatic carbocycles. The number of nitrogens with zero attached hydrogens (tertiary/aromatic N) is 5. The maximum absolute atomic E-state index is 16.8. The van der Waals surface area contributed by atoms with E-state index in [2.05, 4.69) is 9.97 Å². The van der Waals surface area contributed by atoms with Gasteiger partial charge >= 0.3 is 12.2 Å². The number of halogens is 6. The molecule has 3 N–H and O–H groups in total. The van der Waals surface area contributed by atoms with Crippen LogP contribution in [0.2, 0.25) is 0 Å². The second kappa shape index (κ2) is 11.5. The first kappa shape index (κ1) is 31.1. The lowest BCUT2D eigenvalue weighted by Crippen LogP contribution is -2.43. The number of nitrogen functional groups attached to an aromatic ring is 1. The quantitative estimate of drug-likeness (QED) is 0.222. The van der Waals surface area contributed by atoms with Gasteiger partial charge in [-0.25, -0.2) is 13.2 Å². The summed E-state index contributed by atoms with van der Waals surface area (Å²) in [5, 5.41) is 18.7. The third-order valence-corrected chi connectivity index (χ3v) is 9.70. The van der Waals surface area contributed by atoms with Gasteiger partial charge in [-0.1, -0.05) is 6.07 Å². The number of nitrogens with two attached hydrogens (primary N) is 1. The van der Waals surface area contributed by atoms with E-state index in [0.29, 0.717) is 30.4 Å². The summed E-state index contributed by atoms with van der Waals surface area (Å²) in [6, 6.07) is 4.06. The highest BCUT2D eigenvalue weighted by Gasteiger charge is 2.49. The summed E-state index contributed by atoms with van der Waals surface area (Å²) in [6.45, 7) is 2.41. The summed E-state index contributed by atoms with van der Waals surface area (Å²) < 4.78 is 95.8. The largest absolute Gasteiger partial charge is 0.461 e. The number of benzene rings is 2. The Morgan fingerprint density at radius 3 is 2.76 bits per heavy atom. The van der Waals surface area contributed by atoms with E-state index >= 15 is 4.39 Å². The van der Waals surface area contributed by atoms with E-state index in [1.165, 1.54) is 4.90 Å².